The molecular formula is C11H12N2O2S2. The van der Waals surface area contributed by atoms with Gasteiger partial charge in [-0.15, -0.1) is 11.3 Å². The van der Waals surface area contributed by atoms with E-state index in [1.807, 2.05) is 6.07 Å². The molecule has 0 saturated carbocycles. The Kier molecular flexibility index (Phi) is 3.44. The predicted octanol–water partition coefficient (Wildman–Crippen LogP) is 2.80. The van der Waals surface area contributed by atoms with E-state index in [1.165, 1.54) is 23.3 Å². The van der Waals surface area contributed by atoms with Crippen LogP contribution in [0.1, 0.15) is 22.3 Å². The lowest BCUT2D eigenvalue weighted by molar-refractivity contribution is 0.0596. The minimum absolute atomic E-state index is 0.305. The fraction of sp³-hybridized carbons (Fsp3) is 0.273. The van der Waals surface area contributed by atoms with Crippen LogP contribution in [0.15, 0.2) is 12.1 Å². The summed E-state index contributed by atoms with van der Waals surface area (Å²) in [7, 11) is 1.34. The van der Waals surface area contributed by atoms with E-state index >= 15 is 0 Å². The smallest absolute Gasteiger partial charge is 0.358 e. The highest BCUT2D eigenvalue weighted by atomic mass is 32.1. The Morgan fingerprint density at radius 2 is 2.24 bits per heavy atom. The summed E-state index contributed by atoms with van der Waals surface area (Å²) in [6.07, 6.45) is 0.979. The van der Waals surface area contributed by atoms with Gasteiger partial charge in [-0.2, -0.15) is 0 Å². The number of esters is 1. The van der Waals surface area contributed by atoms with Crippen molar-refractivity contribution in [2.45, 2.75) is 13.3 Å². The Balaban J connectivity index is 2.47. The molecule has 90 valence electrons. The third-order valence-electron chi connectivity index (χ3n) is 2.26. The first-order valence-electron chi connectivity index (χ1n) is 5.09. The number of nitrogens with two attached hydrogens (primary N) is 1. The number of aryl methyl sites for hydroxylation is 1. The minimum atomic E-state index is -0.445. The van der Waals surface area contributed by atoms with Crippen molar-refractivity contribution in [1.82, 2.24) is 4.98 Å². The topological polar surface area (TPSA) is 65.2 Å². The standard InChI is InChI=1S/C11H12N2O2S2/c1-3-6-4-5-7(16-6)9-8(10(14)15-2)13-11(12)17-9/h4-5H,3H2,1-2H3,(H2,12,13). The van der Waals surface area contributed by atoms with Crippen LogP contribution < -0.4 is 5.73 Å². The number of thiophene rings is 1. The van der Waals surface area contributed by atoms with Crippen LogP contribution in [0, 0.1) is 0 Å². The molecule has 0 saturated heterocycles. The second-order valence-corrected chi connectivity index (χ2v) is 5.54. The molecule has 0 amide bonds. The number of thiazole rings is 1. The van der Waals surface area contributed by atoms with Gasteiger partial charge in [-0.1, -0.05) is 18.3 Å². The fourth-order valence-electron chi connectivity index (χ4n) is 1.43. The molecule has 6 heteroatoms. The van der Waals surface area contributed by atoms with Gasteiger partial charge in [0.05, 0.1) is 12.0 Å². The fourth-order valence-corrected chi connectivity index (χ4v) is 3.31. The number of ether oxygens (including phenoxy) is 1. The van der Waals surface area contributed by atoms with E-state index in [4.69, 9.17) is 10.5 Å². The number of anilines is 1. The van der Waals surface area contributed by atoms with Crippen LogP contribution in [0.5, 0.6) is 0 Å². The monoisotopic (exact) mass is 268 g/mol. The van der Waals surface area contributed by atoms with Gasteiger partial charge in [-0.3, -0.25) is 0 Å². The largest absolute Gasteiger partial charge is 0.464 e. The van der Waals surface area contributed by atoms with E-state index in [9.17, 15) is 4.79 Å². The molecule has 2 rings (SSSR count). The molecule has 0 aliphatic rings. The highest BCUT2D eigenvalue weighted by Gasteiger charge is 2.20. The van der Waals surface area contributed by atoms with E-state index < -0.39 is 5.97 Å². The van der Waals surface area contributed by atoms with Crippen molar-refractivity contribution in [3.8, 4) is 9.75 Å². The molecule has 2 N–H and O–H groups in total. The van der Waals surface area contributed by atoms with Gasteiger partial charge < -0.3 is 10.5 Å². The van der Waals surface area contributed by atoms with Crippen molar-refractivity contribution in [3.63, 3.8) is 0 Å². The van der Waals surface area contributed by atoms with Gasteiger partial charge in [-0.05, 0) is 18.6 Å². The van der Waals surface area contributed by atoms with Crippen molar-refractivity contribution in [2.24, 2.45) is 0 Å². The van der Waals surface area contributed by atoms with E-state index in [0.717, 1.165) is 16.2 Å². The number of methoxy groups -OCH3 is 1. The Labute approximate surface area is 107 Å². The van der Waals surface area contributed by atoms with E-state index in [-0.39, 0.29) is 0 Å². The van der Waals surface area contributed by atoms with Gasteiger partial charge in [0, 0.05) is 9.75 Å². The predicted molar refractivity (Wildman–Crippen MR) is 70.6 cm³/mol. The van der Waals surface area contributed by atoms with Crippen LogP contribution >= 0.6 is 22.7 Å². The van der Waals surface area contributed by atoms with Gasteiger partial charge in [0.2, 0.25) is 0 Å². The van der Waals surface area contributed by atoms with E-state index in [0.29, 0.717) is 10.8 Å². The first-order chi connectivity index (χ1) is 8.15. The molecule has 0 bridgehead atoms. The zero-order valence-corrected chi connectivity index (χ0v) is 11.2. The first-order valence-corrected chi connectivity index (χ1v) is 6.72. The molecule has 0 spiro atoms. The van der Waals surface area contributed by atoms with Crippen molar-refractivity contribution in [3.05, 3.63) is 22.7 Å². The molecule has 17 heavy (non-hydrogen) atoms. The number of aromatic nitrogens is 1. The van der Waals surface area contributed by atoms with E-state index in [2.05, 4.69) is 18.0 Å². The number of carbonyl (C=O) groups excluding carboxylic acids is 1. The number of rotatable bonds is 3. The lowest BCUT2D eigenvalue weighted by atomic mass is 10.3. The number of nitrogens with zero attached hydrogens (tertiary/aromatic N) is 1. The number of carbonyl (C=O) groups is 1. The summed E-state index contributed by atoms with van der Waals surface area (Å²) in [4.78, 5) is 18.7. The molecule has 0 aliphatic heterocycles. The minimum Gasteiger partial charge on any atom is -0.464 e. The Bertz CT molecular complexity index is 545. The number of hydrogen-bond acceptors (Lipinski definition) is 6. The Morgan fingerprint density at radius 3 is 2.82 bits per heavy atom. The van der Waals surface area contributed by atoms with Gasteiger partial charge >= 0.3 is 5.97 Å². The first kappa shape index (κ1) is 12.1. The summed E-state index contributed by atoms with van der Waals surface area (Å²) in [5.74, 6) is -0.445. The SMILES string of the molecule is CCc1ccc(-c2sc(N)nc2C(=O)OC)s1. The highest BCUT2D eigenvalue weighted by Crippen LogP contribution is 2.36. The van der Waals surface area contributed by atoms with Gasteiger partial charge in [0.15, 0.2) is 10.8 Å². The van der Waals surface area contributed by atoms with Crippen LogP contribution in [0.25, 0.3) is 9.75 Å². The molecular weight excluding hydrogens is 256 g/mol. The second kappa shape index (κ2) is 4.85. The van der Waals surface area contributed by atoms with Crippen LogP contribution in [-0.4, -0.2) is 18.1 Å². The third kappa shape index (κ3) is 2.32. The van der Waals surface area contributed by atoms with Crippen LogP contribution in [-0.2, 0) is 11.2 Å². The second-order valence-electron chi connectivity index (χ2n) is 3.34. The molecule has 4 nitrogen and oxygen atoms in total. The normalized spacial score (nSPS) is 10.5. The molecule has 0 atom stereocenters. The summed E-state index contributed by atoms with van der Waals surface area (Å²) < 4.78 is 4.70. The molecule has 0 aliphatic carbocycles. The lowest BCUT2D eigenvalue weighted by Crippen LogP contribution is -2.03. The maximum atomic E-state index is 11.6. The van der Waals surface area contributed by atoms with Gasteiger partial charge in [0.1, 0.15) is 0 Å². The molecule has 2 heterocycles. The zero-order valence-electron chi connectivity index (χ0n) is 9.52. The average Bonchev–Trinajstić information content (AvgIpc) is 2.93. The third-order valence-corrected chi connectivity index (χ3v) is 4.55. The van der Waals surface area contributed by atoms with Crippen LogP contribution in [0.2, 0.25) is 0 Å². The zero-order chi connectivity index (χ0) is 12.4. The van der Waals surface area contributed by atoms with E-state index in [1.54, 1.807) is 11.3 Å². The van der Waals surface area contributed by atoms with Gasteiger partial charge in [-0.25, -0.2) is 9.78 Å². The summed E-state index contributed by atoms with van der Waals surface area (Å²) in [6.45, 7) is 2.10. The Morgan fingerprint density at radius 1 is 1.47 bits per heavy atom. The molecule has 2 aromatic rings. The summed E-state index contributed by atoms with van der Waals surface area (Å²) >= 11 is 2.96. The molecule has 0 aromatic carbocycles. The molecule has 0 fully saturated rings. The quantitative estimate of drug-likeness (QED) is 0.869. The maximum Gasteiger partial charge on any atom is 0.358 e. The molecule has 2 aromatic heterocycles. The van der Waals surface area contributed by atoms with Crippen molar-refractivity contribution in [2.75, 3.05) is 12.8 Å². The average molecular weight is 268 g/mol. The maximum absolute atomic E-state index is 11.6. The van der Waals surface area contributed by atoms with Crippen molar-refractivity contribution < 1.29 is 9.53 Å². The van der Waals surface area contributed by atoms with Gasteiger partial charge in [0.25, 0.3) is 0 Å². The summed E-state index contributed by atoms with van der Waals surface area (Å²) in [5, 5.41) is 0.381. The summed E-state index contributed by atoms with van der Waals surface area (Å²) in [5.41, 5.74) is 5.96. The van der Waals surface area contributed by atoms with Crippen LogP contribution in [0.3, 0.4) is 0 Å². The number of hydrogen-bond donors (Lipinski definition) is 1. The Hall–Kier alpha value is -1.40. The molecule has 0 radical (unpaired) electrons. The van der Waals surface area contributed by atoms with Crippen molar-refractivity contribution >= 4 is 33.8 Å². The lowest BCUT2D eigenvalue weighted by Gasteiger charge is -1.97. The number of nitrogen functional groups attached to an aromatic ring is 1. The van der Waals surface area contributed by atoms with Crippen molar-refractivity contribution in [1.29, 1.82) is 0 Å². The summed E-state index contributed by atoms with van der Waals surface area (Å²) in [6, 6.07) is 4.04. The van der Waals surface area contributed by atoms with Crippen LogP contribution in [0.4, 0.5) is 5.13 Å². The molecule has 0 unspecified atom stereocenters. The highest BCUT2D eigenvalue weighted by molar-refractivity contribution is 7.24.